The van der Waals surface area contributed by atoms with Crippen LogP contribution in [-0.2, 0) is 12.7 Å². The third-order valence-corrected chi connectivity index (χ3v) is 4.57. The van der Waals surface area contributed by atoms with Crippen LogP contribution in [0.15, 0.2) is 36.5 Å². The van der Waals surface area contributed by atoms with E-state index in [1.807, 2.05) is 4.90 Å². The van der Waals surface area contributed by atoms with Gasteiger partial charge in [-0.1, -0.05) is 17.7 Å². The Morgan fingerprint density at radius 2 is 1.76 bits per heavy atom. The van der Waals surface area contributed by atoms with Gasteiger partial charge in [0.25, 0.3) is 0 Å². The van der Waals surface area contributed by atoms with Crippen molar-refractivity contribution in [1.29, 1.82) is 0 Å². The van der Waals surface area contributed by atoms with Gasteiger partial charge in [-0.05, 0) is 24.3 Å². The Kier molecular flexibility index (Phi) is 5.15. The predicted octanol–water partition coefficient (Wildman–Crippen LogP) is 4.22. The van der Waals surface area contributed by atoms with Crippen LogP contribution in [0.3, 0.4) is 0 Å². The van der Waals surface area contributed by atoms with Crippen LogP contribution < -0.4 is 4.90 Å². The van der Waals surface area contributed by atoms with Gasteiger partial charge in [-0.15, -0.1) is 0 Å². The molecule has 0 bridgehead atoms. The van der Waals surface area contributed by atoms with Crippen LogP contribution in [0.1, 0.15) is 11.1 Å². The van der Waals surface area contributed by atoms with Crippen molar-refractivity contribution in [2.75, 3.05) is 31.1 Å². The van der Waals surface area contributed by atoms with Crippen LogP contribution in [0.25, 0.3) is 0 Å². The molecule has 0 N–H and O–H groups in total. The molecule has 1 aliphatic rings. The van der Waals surface area contributed by atoms with Gasteiger partial charge in [-0.2, -0.15) is 13.2 Å². The van der Waals surface area contributed by atoms with Crippen molar-refractivity contribution < 1.29 is 17.6 Å². The fraction of sp³-hybridized carbons (Fsp3) is 0.353. The maximum Gasteiger partial charge on any atom is 0.417 e. The summed E-state index contributed by atoms with van der Waals surface area (Å²) in [5.74, 6) is 0.177. The molecule has 2 aromatic rings. The molecule has 0 aliphatic carbocycles. The fourth-order valence-corrected chi connectivity index (χ4v) is 3.01. The first kappa shape index (κ1) is 17.9. The molecule has 2 heterocycles. The Morgan fingerprint density at radius 3 is 2.32 bits per heavy atom. The summed E-state index contributed by atoms with van der Waals surface area (Å²) in [4.78, 5) is 7.89. The van der Waals surface area contributed by atoms with E-state index >= 15 is 0 Å². The number of piperazine rings is 1. The highest BCUT2D eigenvalue weighted by Crippen LogP contribution is 2.29. The van der Waals surface area contributed by atoms with E-state index in [1.54, 1.807) is 12.1 Å². The number of hydrogen-bond donors (Lipinski definition) is 0. The van der Waals surface area contributed by atoms with Gasteiger partial charge in [0.2, 0.25) is 0 Å². The Hall–Kier alpha value is -1.86. The largest absolute Gasteiger partial charge is 0.417 e. The fourth-order valence-electron chi connectivity index (χ4n) is 2.78. The average Bonchev–Trinajstić information content (AvgIpc) is 2.58. The zero-order valence-electron chi connectivity index (χ0n) is 13.2. The Labute approximate surface area is 147 Å². The second-order valence-corrected chi connectivity index (χ2v) is 6.27. The van der Waals surface area contributed by atoms with E-state index in [2.05, 4.69) is 9.88 Å². The predicted molar refractivity (Wildman–Crippen MR) is 88.1 cm³/mol. The minimum atomic E-state index is -4.39. The highest BCUT2D eigenvalue weighted by molar-refractivity contribution is 6.31. The van der Waals surface area contributed by atoms with Gasteiger partial charge < -0.3 is 4.90 Å². The molecule has 8 heteroatoms. The molecule has 0 unspecified atom stereocenters. The second kappa shape index (κ2) is 7.17. The van der Waals surface area contributed by atoms with E-state index in [0.717, 1.165) is 12.3 Å². The van der Waals surface area contributed by atoms with E-state index in [9.17, 15) is 17.6 Å². The van der Waals surface area contributed by atoms with Gasteiger partial charge in [0.15, 0.2) is 0 Å². The van der Waals surface area contributed by atoms with Gasteiger partial charge in [0.05, 0.1) is 5.56 Å². The summed E-state index contributed by atoms with van der Waals surface area (Å²) in [6.45, 7) is 2.90. The lowest BCUT2D eigenvalue weighted by atomic mass is 10.2. The summed E-state index contributed by atoms with van der Waals surface area (Å²) in [6.07, 6.45) is -3.54. The van der Waals surface area contributed by atoms with Crippen molar-refractivity contribution in [3.63, 3.8) is 0 Å². The molecule has 1 aromatic carbocycles. The molecular formula is C17H16ClF4N3. The first-order valence-corrected chi connectivity index (χ1v) is 8.16. The SMILES string of the molecule is Fc1cccc(Cl)c1CN1CCN(c2ccc(C(F)(F)F)cn2)CC1. The van der Waals surface area contributed by atoms with Crippen LogP contribution in [0.4, 0.5) is 23.4 Å². The van der Waals surface area contributed by atoms with Crippen LogP contribution >= 0.6 is 11.6 Å². The van der Waals surface area contributed by atoms with Crippen LogP contribution in [0.5, 0.6) is 0 Å². The molecule has 3 nitrogen and oxygen atoms in total. The molecule has 0 spiro atoms. The van der Waals surface area contributed by atoms with E-state index in [1.165, 1.54) is 12.1 Å². The number of benzene rings is 1. The Balaban J connectivity index is 1.60. The summed E-state index contributed by atoms with van der Waals surface area (Å²) >= 11 is 6.05. The molecule has 134 valence electrons. The maximum absolute atomic E-state index is 13.9. The quantitative estimate of drug-likeness (QED) is 0.751. The number of hydrogen-bond acceptors (Lipinski definition) is 3. The minimum absolute atomic E-state index is 0.334. The molecule has 25 heavy (non-hydrogen) atoms. The topological polar surface area (TPSA) is 19.4 Å². The summed E-state index contributed by atoms with van der Waals surface area (Å²) in [5.41, 5.74) is -0.297. The van der Waals surface area contributed by atoms with Gasteiger partial charge in [0.1, 0.15) is 11.6 Å². The first-order valence-electron chi connectivity index (χ1n) is 7.78. The lowest BCUT2D eigenvalue weighted by Crippen LogP contribution is -2.46. The van der Waals surface area contributed by atoms with E-state index < -0.39 is 11.7 Å². The molecule has 1 aromatic heterocycles. The smallest absolute Gasteiger partial charge is 0.354 e. The monoisotopic (exact) mass is 373 g/mol. The molecule has 0 atom stereocenters. The van der Waals surface area contributed by atoms with E-state index in [4.69, 9.17) is 11.6 Å². The van der Waals surface area contributed by atoms with Crippen molar-refractivity contribution in [2.45, 2.75) is 12.7 Å². The molecule has 0 radical (unpaired) electrons. The number of alkyl halides is 3. The van der Waals surface area contributed by atoms with Gasteiger partial charge in [-0.25, -0.2) is 9.37 Å². The second-order valence-electron chi connectivity index (χ2n) is 5.87. The number of halogens is 5. The molecule has 1 saturated heterocycles. The average molecular weight is 374 g/mol. The summed E-state index contributed by atoms with van der Waals surface area (Å²) in [7, 11) is 0. The highest BCUT2D eigenvalue weighted by atomic mass is 35.5. The molecular weight excluding hydrogens is 358 g/mol. The summed E-state index contributed by atoms with van der Waals surface area (Å²) in [5, 5.41) is 0.395. The number of anilines is 1. The number of rotatable bonds is 3. The van der Waals surface area contributed by atoms with E-state index in [-0.39, 0.29) is 5.82 Å². The summed E-state index contributed by atoms with van der Waals surface area (Å²) < 4.78 is 51.6. The number of aromatic nitrogens is 1. The lowest BCUT2D eigenvalue weighted by Gasteiger charge is -2.35. The van der Waals surface area contributed by atoms with Crippen LogP contribution in [0.2, 0.25) is 5.02 Å². The highest BCUT2D eigenvalue weighted by Gasteiger charge is 2.31. The normalized spacial score (nSPS) is 16.3. The third kappa shape index (κ3) is 4.22. The van der Waals surface area contributed by atoms with Gasteiger partial charge >= 0.3 is 6.18 Å². The summed E-state index contributed by atoms with van der Waals surface area (Å²) in [6, 6.07) is 7.02. The lowest BCUT2D eigenvalue weighted by molar-refractivity contribution is -0.137. The first-order chi connectivity index (χ1) is 11.8. The third-order valence-electron chi connectivity index (χ3n) is 4.21. The number of pyridine rings is 1. The minimum Gasteiger partial charge on any atom is -0.354 e. The van der Waals surface area contributed by atoms with Gasteiger partial charge in [0, 0.05) is 49.5 Å². The van der Waals surface area contributed by atoms with Crippen molar-refractivity contribution >= 4 is 17.4 Å². The van der Waals surface area contributed by atoms with Crippen molar-refractivity contribution in [3.05, 3.63) is 58.5 Å². The van der Waals surface area contributed by atoms with Crippen molar-refractivity contribution in [3.8, 4) is 0 Å². The van der Waals surface area contributed by atoms with E-state index in [0.29, 0.717) is 49.1 Å². The number of nitrogens with zero attached hydrogens (tertiary/aromatic N) is 3. The molecule has 0 saturated carbocycles. The Morgan fingerprint density at radius 1 is 1.04 bits per heavy atom. The Bertz CT molecular complexity index is 705. The zero-order valence-corrected chi connectivity index (χ0v) is 14.0. The van der Waals surface area contributed by atoms with Crippen LogP contribution in [0, 0.1) is 5.82 Å². The van der Waals surface area contributed by atoms with Crippen LogP contribution in [-0.4, -0.2) is 36.1 Å². The molecule has 3 rings (SSSR count). The van der Waals surface area contributed by atoms with Gasteiger partial charge in [-0.3, -0.25) is 4.90 Å². The zero-order chi connectivity index (χ0) is 18.0. The standard InChI is InChI=1S/C17H16ClF4N3/c18-14-2-1-3-15(19)13(14)11-24-6-8-25(9-7-24)16-5-4-12(10-23-16)17(20,21)22/h1-5,10H,6-9,11H2. The van der Waals surface area contributed by atoms with Crippen molar-refractivity contribution in [2.24, 2.45) is 0 Å². The molecule has 1 aliphatic heterocycles. The molecule has 1 fully saturated rings. The maximum atomic E-state index is 13.9. The molecule has 0 amide bonds. The van der Waals surface area contributed by atoms with Crippen molar-refractivity contribution in [1.82, 2.24) is 9.88 Å².